The fraction of sp³-hybridized carbons (Fsp3) is 0.333. The number of rotatable bonds is 2. The summed E-state index contributed by atoms with van der Waals surface area (Å²) < 4.78 is 47.6. The number of ether oxygens (including phenoxy) is 2. The maximum atomic E-state index is 12.5. The summed E-state index contributed by atoms with van der Waals surface area (Å²) in [5.41, 5.74) is -0.0215. The summed E-state index contributed by atoms with van der Waals surface area (Å²) in [4.78, 5) is 1.70. The van der Waals surface area contributed by atoms with Crippen LogP contribution in [0.4, 0.5) is 13.2 Å². The molecule has 1 aliphatic rings. The van der Waals surface area contributed by atoms with Crippen molar-refractivity contribution >= 4 is 11.8 Å². The lowest BCUT2D eigenvalue weighted by Gasteiger charge is -2.18. The van der Waals surface area contributed by atoms with Crippen molar-refractivity contribution in [1.29, 1.82) is 0 Å². The molecule has 0 saturated heterocycles. The average molecular weight is 254 g/mol. The van der Waals surface area contributed by atoms with Crippen molar-refractivity contribution < 1.29 is 22.6 Å². The molecule has 1 aliphatic heterocycles. The lowest BCUT2D eigenvalue weighted by molar-refractivity contribution is -0.153. The largest absolute Gasteiger partial charge is 0.454 e. The summed E-state index contributed by atoms with van der Waals surface area (Å²) in [5, 5.41) is 0. The predicted octanol–water partition coefficient (Wildman–Crippen LogP) is 2.76. The predicted molar refractivity (Wildman–Crippen MR) is 50.3 cm³/mol. The number of hydrogen-bond acceptors (Lipinski definition) is 3. The molecule has 0 saturated carbocycles. The van der Waals surface area contributed by atoms with Crippen molar-refractivity contribution in [1.82, 2.24) is 4.84 Å². The lowest BCUT2D eigenvalue weighted by Crippen LogP contribution is -2.28. The van der Waals surface area contributed by atoms with Crippen molar-refractivity contribution in [2.45, 2.75) is 12.2 Å². The molecule has 1 atom stereocenters. The zero-order valence-electron chi connectivity index (χ0n) is 7.84. The summed E-state index contributed by atoms with van der Waals surface area (Å²) in [6.45, 7) is 0.0176. The molecule has 0 fully saturated rings. The van der Waals surface area contributed by atoms with Gasteiger partial charge in [0.05, 0.1) is 0 Å². The maximum absolute atomic E-state index is 12.5. The van der Waals surface area contributed by atoms with Gasteiger partial charge in [0.25, 0.3) is 0 Å². The molecule has 0 radical (unpaired) electrons. The first kappa shape index (κ1) is 11.3. The van der Waals surface area contributed by atoms with E-state index in [0.29, 0.717) is 11.5 Å². The molecule has 0 aliphatic carbocycles. The maximum Gasteiger partial charge on any atom is 0.409 e. The van der Waals surface area contributed by atoms with E-state index in [0.717, 1.165) is 0 Å². The molecule has 0 amide bonds. The first-order chi connectivity index (χ1) is 7.52. The Morgan fingerprint density at radius 2 is 1.94 bits per heavy atom. The number of hydrogen-bond donors (Lipinski definition) is 1. The molecule has 2 rings (SSSR count). The van der Waals surface area contributed by atoms with E-state index in [1.54, 1.807) is 4.84 Å². The third-order valence-corrected chi connectivity index (χ3v) is 2.38. The van der Waals surface area contributed by atoms with Crippen molar-refractivity contribution in [3.8, 4) is 11.5 Å². The topological polar surface area (TPSA) is 30.5 Å². The second kappa shape index (κ2) is 4.03. The van der Waals surface area contributed by atoms with Crippen LogP contribution >= 0.6 is 11.8 Å². The van der Waals surface area contributed by atoms with E-state index in [4.69, 9.17) is 21.3 Å². The van der Waals surface area contributed by atoms with E-state index in [2.05, 4.69) is 0 Å². The Hall–Kier alpha value is -1.14. The number of nitrogens with one attached hydrogen (secondary N) is 1. The van der Waals surface area contributed by atoms with Gasteiger partial charge in [-0.1, -0.05) is 6.07 Å². The van der Waals surface area contributed by atoms with Crippen LogP contribution in [-0.4, -0.2) is 13.0 Å². The van der Waals surface area contributed by atoms with Gasteiger partial charge in [-0.15, -0.1) is 0 Å². The van der Waals surface area contributed by atoms with E-state index < -0.39 is 12.2 Å². The highest BCUT2D eigenvalue weighted by atomic mass is 35.5. The Kier molecular flexibility index (Phi) is 2.86. The molecule has 3 nitrogen and oxygen atoms in total. The smallest absolute Gasteiger partial charge is 0.409 e. The number of alkyl halides is 3. The molecule has 0 unspecified atom stereocenters. The van der Waals surface area contributed by atoms with Gasteiger partial charge in [-0.25, -0.2) is 4.84 Å². The highest BCUT2D eigenvalue weighted by Crippen LogP contribution is 2.39. The van der Waals surface area contributed by atoms with E-state index in [1.807, 2.05) is 0 Å². The highest BCUT2D eigenvalue weighted by Gasteiger charge is 2.41. The van der Waals surface area contributed by atoms with Gasteiger partial charge >= 0.3 is 6.18 Å². The van der Waals surface area contributed by atoms with Crippen LogP contribution < -0.4 is 14.3 Å². The summed E-state index contributed by atoms with van der Waals surface area (Å²) in [6, 6.07) is 2.05. The Morgan fingerprint density at radius 3 is 2.56 bits per heavy atom. The second-order valence-electron chi connectivity index (χ2n) is 3.20. The zero-order chi connectivity index (χ0) is 11.8. The molecule has 88 valence electrons. The van der Waals surface area contributed by atoms with Crippen LogP contribution in [0.25, 0.3) is 0 Å². The first-order valence-corrected chi connectivity index (χ1v) is 4.72. The van der Waals surface area contributed by atoms with Gasteiger partial charge in [-0.2, -0.15) is 13.2 Å². The SMILES string of the molecule is FC(F)(F)[C@@H](NCl)c1ccc2c(c1)OCO2. The Morgan fingerprint density at radius 1 is 1.25 bits per heavy atom. The van der Waals surface area contributed by atoms with Crippen LogP contribution in [0.5, 0.6) is 11.5 Å². The quantitative estimate of drug-likeness (QED) is 0.822. The van der Waals surface area contributed by atoms with E-state index in [9.17, 15) is 13.2 Å². The van der Waals surface area contributed by atoms with E-state index in [1.165, 1.54) is 18.2 Å². The molecule has 1 N–H and O–H groups in total. The Labute approximate surface area is 94.2 Å². The molecule has 0 spiro atoms. The summed E-state index contributed by atoms with van der Waals surface area (Å²) in [5.74, 6) is 0.720. The zero-order valence-corrected chi connectivity index (χ0v) is 8.60. The van der Waals surface area contributed by atoms with Crippen LogP contribution in [0.3, 0.4) is 0 Å². The van der Waals surface area contributed by atoms with Crippen LogP contribution in [0.1, 0.15) is 11.6 Å². The number of fused-ring (bicyclic) bond motifs is 1. The van der Waals surface area contributed by atoms with Gasteiger partial charge < -0.3 is 9.47 Å². The van der Waals surface area contributed by atoms with Crippen LogP contribution in [0.2, 0.25) is 0 Å². The normalized spacial score (nSPS) is 16.2. The van der Waals surface area contributed by atoms with Crippen LogP contribution in [-0.2, 0) is 0 Å². The monoisotopic (exact) mass is 253 g/mol. The van der Waals surface area contributed by atoms with Gasteiger partial charge in [0.2, 0.25) is 6.79 Å². The average Bonchev–Trinajstić information content (AvgIpc) is 2.63. The molecule has 0 aromatic heterocycles. The van der Waals surface area contributed by atoms with Gasteiger partial charge in [-0.05, 0) is 29.5 Å². The minimum Gasteiger partial charge on any atom is -0.454 e. The van der Waals surface area contributed by atoms with Gasteiger partial charge in [-0.3, -0.25) is 0 Å². The molecule has 16 heavy (non-hydrogen) atoms. The number of halogens is 4. The molecule has 1 aromatic rings. The fourth-order valence-corrected chi connectivity index (χ4v) is 1.66. The van der Waals surface area contributed by atoms with E-state index in [-0.39, 0.29) is 12.4 Å². The third-order valence-electron chi connectivity index (χ3n) is 2.17. The Bertz CT molecular complexity index is 397. The molecular weight excluding hydrogens is 247 g/mol. The standard InChI is InChI=1S/C9H7ClF3NO2/c10-14-8(9(11,12)13)5-1-2-6-7(3-5)16-4-15-6/h1-3,8,14H,4H2/t8-/m0/s1. The van der Waals surface area contributed by atoms with Gasteiger partial charge in [0.1, 0.15) is 6.04 Å². The second-order valence-corrected chi connectivity index (χ2v) is 3.41. The van der Waals surface area contributed by atoms with Crippen LogP contribution in [0.15, 0.2) is 18.2 Å². The minimum absolute atomic E-state index is 0.0176. The van der Waals surface area contributed by atoms with Crippen LogP contribution in [0, 0.1) is 0 Å². The summed E-state index contributed by atoms with van der Waals surface area (Å²) >= 11 is 5.10. The van der Waals surface area contributed by atoms with Crippen molar-refractivity contribution in [2.24, 2.45) is 0 Å². The third kappa shape index (κ3) is 2.03. The Balaban J connectivity index is 2.33. The number of benzene rings is 1. The van der Waals surface area contributed by atoms with Gasteiger partial charge in [0, 0.05) is 0 Å². The minimum atomic E-state index is -4.46. The van der Waals surface area contributed by atoms with Crippen molar-refractivity contribution in [3.63, 3.8) is 0 Å². The molecule has 1 aromatic carbocycles. The van der Waals surface area contributed by atoms with E-state index >= 15 is 0 Å². The van der Waals surface area contributed by atoms with Gasteiger partial charge in [0.15, 0.2) is 11.5 Å². The molecule has 1 heterocycles. The summed E-state index contributed by atoms with van der Waals surface area (Å²) in [7, 11) is 0. The lowest BCUT2D eigenvalue weighted by atomic mass is 10.1. The highest BCUT2D eigenvalue weighted by molar-refractivity contribution is 6.13. The fourth-order valence-electron chi connectivity index (χ4n) is 1.41. The molecule has 7 heteroatoms. The van der Waals surface area contributed by atoms with Crippen molar-refractivity contribution in [3.05, 3.63) is 23.8 Å². The summed E-state index contributed by atoms with van der Waals surface area (Å²) in [6.07, 6.45) is -4.46. The van der Waals surface area contributed by atoms with Crippen molar-refractivity contribution in [2.75, 3.05) is 6.79 Å². The molecule has 0 bridgehead atoms. The first-order valence-electron chi connectivity index (χ1n) is 4.35. The molecular formula is C9H7ClF3NO2.